The Morgan fingerprint density at radius 3 is 2.40 bits per heavy atom. The summed E-state index contributed by atoms with van der Waals surface area (Å²) < 4.78 is 0. The second kappa shape index (κ2) is 6.35. The van der Waals surface area contributed by atoms with Gasteiger partial charge >= 0.3 is 0 Å². The van der Waals surface area contributed by atoms with Gasteiger partial charge < -0.3 is 10.4 Å². The number of carbonyl (C=O) groups is 1. The summed E-state index contributed by atoms with van der Waals surface area (Å²) in [5.41, 5.74) is 3.89. The Hall–Kier alpha value is -2.13. The Labute approximate surface area is 119 Å². The third kappa shape index (κ3) is 3.25. The monoisotopic (exact) mass is 269 g/mol. The summed E-state index contributed by atoms with van der Waals surface area (Å²) in [6, 6.07) is 15.1. The molecule has 104 valence electrons. The second-order valence-corrected chi connectivity index (χ2v) is 4.93. The van der Waals surface area contributed by atoms with Gasteiger partial charge in [-0.2, -0.15) is 0 Å². The first kappa shape index (κ1) is 14.3. The number of hydrogen-bond acceptors (Lipinski definition) is 2. The van der Waals surface area contributed by atoms with Crippen LogP contribution in [-0.2, 0) is 4.79 Å². The Kier molecular flexibility index (Phi) is 4.53. The van der Waals surface area contributed by atoms with E-state index in [0.29, 0.717) is 0 Å². The summed E-state index contributed by atoms with van der Waals surface area (Å²) in [4.78, 5) is 12.3. The Morgan fingerprint density at radius 2 is 1.80 bits per heavy atom. The highest BCUT2D eigenvalue weighted by atomic mass is 16.3. The number of hydrogen-bond donors (Lipinski definition) is 2. The number of rotatable bonds is 4. The van der Waals surface area contributed by atoms with Crippen molar-refractivity contribution in [3.8, 4) is 0 Å². The standard InChI is InChI=1S/C17H19NO2/c1-12-8-9-15(10-13(12)2)18-17(20)16(11-19)14-6-4-3-5-7-14/h3-10,16,19H,11H2,1-2H3,(H,18,20)/t16-/m0/s1. The first-order valence-electron chi connectivity index (χ1n) is 6.65. The fourth-order valence-electron chi connectivity index (χ4n) is 2.07. The van der Waals surface area contributed by atoms with Gasteiger partial charge in [0.05, 0.1) is 12.5 Å². The van der Waals surface area contributed by atoms with E-state index in [1.165, 1.54) is 5.56 Å². The average molecular weight is 269 g/mol. The lowest BCUT2D eigenvalue weighted by Gasteiger charge is -2.15. The van der Waals surface area contributed by atoms with E-state index >= 15 is 0 Å². The number of anilines is 1. The maximum atomic E-state index is 12.3. The minimum absolute atomic E-state index is 0.193. The number of aliphatic hydroxyl groups excluding tert-OH is 1. The first-order valence-corrected chi connectivity index (χ1v) is 6.65. The number of nitrogens with one attached hydrogen (secondary N) is 1. The van der Waals surface area contributed by atoms with Crippen molar-refractivity contribution in [2.24, 2.45) is 0 Å². The predicted octanol–water partition coefficient (Wildman–Crippen LogP) is 3.02. The lowest BCUT2D eigenvalue weighted by atomic mass is 9.99. The van der Waals surface area contributed by atoms with Gasteiger partial charge in [0, 0.05) is 5.69 Å². The van der Waals surface area contributed by atoms with Gasteiger partial charge in [-0.25, -0.2) is 0 Å². The fraction of sp³-hybridized carbons (Fsp3) is 0.235. The molecule has 2 aromatic rings. The van der Waals surface area contributed by atoms with Crippen LogP contribution in [0.1, 0.15) is 22.6 Å². The van der Waals surface area contributed by atoms with Crippen molar-refractivity contribution in [2.75, 3.05) is 11.9 Å². The van der Waals surface area contributed by atoms with Crippen LogP contribution >= 0.6 is 0 Å². The van der Waals surface area contributed by atoms with Crippen molar-refractivity contribution < 1.29 is 9.90 Å². The van der Waals surface area contributed by atoms with Crippen LogP contribution in [0.2, 0.25) is 0 Å². The highest BCUT2D eigenvalue weighted by Gasteiger charge is 2.19. The van der Waals surface area contributed by atoms with E-state index in [4.69, 9.17) is 0 Å². The highest BCUT2D eigenvalue weighted by Crippen LogP contribution is 2.19. The maximum Gasteiger partial charge on any atom is 0.234 e. The molecule has 0 aromatic heterocycles. The molecule has 0 aliphatic rings. The van der Waals surface area contributed by atoms with Crippen LogP contribution in [0.4, 0.5) is 5.69 Å². The molecule has 0 spiro atoms. The Bertz CT molecular complexity index is 593. The third-order valence-electron chi connectivity index (χ3n) is 3.48. The van der Waals surface area contributed by atoms with Gasteiger partial charge in [0.15, 0.2) is 0 Å². The van der Waals surface area contributed by atoms with E-state index in [2.05, 4.69) is 5.32 Å². The zero-order valence-electron chi connectivity index (χ0n) is 11.8. The molecule has 0 aliphatic heterocycles. The molecular weight excluding hydrogens is 250 g/mol. The van der Waals surface area contributed by atoms with Crippen molar-refractivity contribution in [2.45, 2.75) is 19.8 Å². The number of aryl methyl sites for hydroxylation is 2. The lowest BCUT2D eigenvalue weighted by molar-refractivity contribution is -0.118. The predicted molar refractivity (Wildman–Crippen MR) is 80.8 cm³/mol. The van der Waals surface area contributed by atoms with E-state index < -0.39 is 5.92 Å². The molecule has 20 heavy (non-hydrogen) atoms. The van der Waals surface area contributed by atoms with Crippen LogP contribution < -0.4 is 5.32 Å². The quantitative estimate of drug-likeness (QED) is 0.896. The number of carbonyl (C=O) groups excluding carboxylic acids is 1. The number of benzene rings is 2. The molecule has 2 aromatic carbocycles. The molecule has 1 amide bonds. The molecular formula is C17H19NO2. The molecule has 0 bridgehead atoms. The van der Waals surface area contributed by atoms with Crippen molar-refractivity contribution in [3.63, 3.8) is 0 Å². The molecule has 1 atom stereocenters. The van der Waals surface area contributed by atoms with Crippen molar-refractivity contribution >= 4 is 11.6 Å². The van der Waals surface area contributed by atoms with E-state index in [-0.39, 0.29) is 12.5 Å². The SMILES string of the molecule is Cc1ccc(NC(=O)[C@@H](CO)c2ccccc2)cc1C. The zero-order valence-corrected chi connectivity index (χ0v) is 11.8. The minimum atomic E-state index is -0.544. The summed E-state index contributed by atoms with van der Waals surface area (Å²) in [5.74, 6) is -0.736. The van der Waals surface area contributed by atoms with Crippen molar-refractivity contribution in [1.29, 1.82) is 0 Å². The Balaban J connectivity index is 2.15. The number of amides is 1. The van der Waals surface area contributed by atoms with Gasteiger partial charge in [0.1, 0.15) is 0 Å². The van der Waals surface area contributed by atoms with E-state index in [9.17, 15) is 9.90 Å². The number of aliphatic hydroxyl groups is 1. The summed E-state index contributed by atoms with van der Waals surface area (Å²) in [5, 5.41) is 12.3. The van der Waals surface area contributed by atoms with Crippen molar-refractivity contribution in [1.82, 2.24) is 0 Å². The molecule has 0 radical (unpaired) electrons. The molecule has 0 saturated carbocycles. The molecule has 2 N–H and O–H groups in total. The highest BCUT2D eigenvalue weighted by molar-refractivity contribution is 5.96. The molecule has 2 rings (SSSR count). The molecule has 0 fully saturated rings. The van der Waals surface area contributed by atoms with E-state index in [1.54, 1.807) is 0 Å². The summed E-state index contributed by atoms with van der Waals surface area (Å²) in [6.45, 7) is 3.83. The fourth-order valence-corrected chi connectivity index (χ4v) is 2.07. The topological polar surface area (TPSA) is 49.3 Å². The third-order valence-corrected chi connectivity index (χ3v) is 3.48. The molecule has 0 aliphatic carbocycles. The van der Waals surface area contributed by atoms with E-state index in [0.717, 1.165) is 16.8 Å². The smallest absolute Gasteiger partial charge is 0.234 e. The lowest BCUT2D eigenvalue weighted by Crippen LogP contribution is -2.23. The average Bonchev–Trinajstić information content (AvgIpc) is 2.45. The molecule has 0 unspecified atom stereocenters. The first-order chi connectivity index (χ1) is 9.61. The summed E-state index contributed by atoms with van der Waals surface area (Å²) in [7, 11) is 0. The van der Waals surface area contributed by atoms with Crippen LogP contribution in [0.3, 0.4) is 0 Å². The van der Waals surface area contributed by atoms with Crippen molar-refractivity contribution in [3.05, 3.63) is 65.2 Å². The van der Waals surface area contributed by atoms with Gasteiger partial charge in [-0.3, -0.25) is 4.79 Å². The van der Waals surface area contributed by atoms with Gasteiger partial charge in [-0.15, -0.1) is 0 Å². The van der Waals surface area contributed by atoms with Crippen LogP contribution in [0.25, 0.3) is 0 Å². The molecule has 3 nitrogen and oxygen atoms in total. The van der Waals surface area contributed by atoms with Gasteiger partial charge in [0.2, 0.25) is 5.91 Å². The van der Waals surface area contributed by atoms with Gasteiger partial charge in [-0.1, -0.05) is 36.4 Å². The van der Waals surface area contributed by atoms with Crippen LogP contribution in [0.15, 0.2) is 48.5 Å². The van der Waals surface area contributed by atoms with Gasteiger partial charge in [-0.05, 0) is 42.7 Å². The van der Waals surface area contributed by atoms with Crippen LogP contribution in [0.5, 0.6) is 0 Å². The maximum absolute atomic E-state index is 12.3. The van der Waals surface area contributed by atoms with E-state index in [1.807, 2.05) is 62.4 Å². The molecule has 0 saturated heterocycles. The second-order valence-electron chi connectivity index (χ2n) is 4.93. The van der Waals surface area contributed by atoms with Crippen LogP contribution in [-0.4, -0.2) is 17.6 Å². The normalized spacial score (nSPS) is 11.9. The van der Waals surface area contributed by atoms with Gasteiger partial charge in [0.25, 0.3) is 0 Å². The Morgan fingerprint density at radius 1 is 1.10 bits per heavy atom. The van der Waals surface area contributed by atoms with Crippen LogP contribution in [0, 0.1) is 13.8 Å². The largest absolute Gasteiger partial charge is 0.395 e. The summed E-state index contributed by atoms with van der Waals surface area (Å²) in [6.07, 6.45) is 0. The minimum Gasteiger partial charge on any atom is -0.395 e. The molecule has 3 heteroatoms. The zero-order chi connectivity index (χ0) is 14.5. The molecule has 0 heterocycles. The summed E-state index contributed by atoms with van der Waals surface area (Å²) >= 11 is 0.